The number of guanidine groups is 1. The Kier molecular flexibility index (Phi) is 9.07. The lowest BCUT2D eigenvalue weighted by atomic mass is 10.1. The van der Waals surface area contributed by atoms with Gasteiger partial charge in [0.2, 0.25) is 0 Å². The molecule has 5 nitrogen and oxygen atoms in total. The van der Waals surface area contributed by atoms with E-state index >= 15 is 0 Å². The SMILES string of the molecule is CCNC(=NCCc1cccc(F)c1)N1CCOC(C2CCCO2)C1.I. The first-order valence-electron chi connectivity index (χ1n) is 9.27. The van der Waals surface area contributed by atoms with E-state index in [4.69, 9.17) is 14.5 Å². The molecule has 0 amide bonds. The fourth-order valence-electron chi connectivity index (χ4n) is 3.40. The van der Waals surface area contributed by atoms with Gasteiger partial charge in [-0.05, 0) is 43.9 Å². The van der Waals surface area contributed by atoms with Crippen molar-refractivity contribution in [1.82, 2.24) is 10.2 Å². The van der Waals surface area contributed by atoms with Gasteiger partial charge in [-0.3, -0.25) is 4.99 Å². The van der Waals surface area contributed by atoms with Crippen LogP contribution in [0.4, 0.5) is 4.39 Å². The molecule has 0 aromatic heterocycles. The second-order valence-corrected chi connectivity index (χ2v) is 6.52. The third-order valence-corrected chi connectivity index (χ3v) is 4.66. The molecule has 2 atom stereocenters. The Morgan fingerprint density at radius 3 is 2.88 bits per heavy atom. The van der Waals surface area contributed by atoms with Crippen molar-refractivity contribution in [3.05, 3.63) is 35.6 Å². The normalized spacial score (nSPS) is 23.6. The van der Waals surface area contributed by atoms with Gasteiger partial charge in [0.25, 0.3) is 0 Å². The quantitative estimate of drug-likeness (QED) is 0.403. The molecule has 0 saturated carbocycles. The molecule has 2 saturated heterocycles. The number of rotatable bonds is 5. The van der Waals surface area contributed by atoms with Crippen molar-refractivity contribution in [3.63, 3.8) is 0 Å². The van der Waals surface area contributed by atoms with Gasteiger partial charge in [-0.15, -0.1) is 24.0 Å². The van der Waals surface area contributed by atoms with Crippen LogP contribution in [0, 0.1) is 5.82 Å². The van der Waals surface area contributed by atoms with E-state index in [9.17, 15) is 4.39 Å². The van der Waals surface area contributed by atoms with Crippen LogP contribution in [0.2, 0.25) is 0 Å². The lowest BCUT2D eigenvalue weighted by Gasteiger charge is -2.37. The molecular formula is C19H29FIN3O2. The van der Waals surface area contributed by atoms with Gasteiger partial charge in [-0.1, -0.05) is 12.1 Å². The molecule has 1 N–H and O–H groups in total. The lowest BCUT2D eigenvalue weighted by molar-refractivity contribution is -0.0817. The number of nitrogens with one attached hydrogen (secondary N) is 1. The molecule has 2 aliphatic heterocycles. The monoisotopic (exact) mass is 477 g/mol. The van der Waals surface area contributed by atoms with Gasteiger partial charge in [0.15, 0.2) is 5.96 Å². The van der Waals surface area contributed by atoms with Crippen molar-refractivity contribution < 1.29 is 13.9 Å². The average molecular weight is 477 g/mol. The van der Waals surface area contributed by atoms with Gasteiger partial charge >= 0.3 is 0 Å². The van der Waals surface area contributed by atoms with Crippen LogP contribution in [0.5, 0.6) is 0 Å². The average Bonchev–Trinajstić information content (AvgIpc) is 3.16. The molecule has 0 spiro atoms. The molecule has 2 aliphatic rings. The van der Waals surface area contributed by atoms with Crippen LogP contribution in [0.25, 0.3) is 0 Å². The third-order valence-electron chi connectivity index (χ3n) is 4.66. The fraction of sp³-hybridized carbons (Fsp3) is 0.632. The molecule has 2 fully saturated rings. The molecule has 2 heterocycles. The molecule has 7 heteroatoms. The highest BCUT2D eigenvalue weighted by molar-refractivity contribution is 14.0. The number of hydrogen-bond acceptors (Lipinski definition) is 3. The van der Waals surface area contributed by atoms with E-state index in [1.807, 2.05) is 6.07 Å². The van der Waals surface area contributed by atoms with Crippen molar-refractivity contribution >= 4 is 29.9 Å². The molecular weight excluding hydrogens is 448 g/mol. The van der Waals surface area contributed by atoms with Crippen LogP contribution in [0.1, 0.15) is 25.3 Å². The molecule has 0 aliphatic carbocycles. The van der Waals surface area contributed by atoms with Gasteiger partial charge < -0.3 is 19.7 Å². The summed E-state index contributed by atoms with van der Waals surface area (Å²) < 4.78 is 25.0. The van der Waals surface area contributed by atoms with E-state index in [2.05, 4.69) is 17.1 Å². The van der Waals surface area contributed by atoms with E-state index in [0.717, 1.165) is 57.0 Å². The Labute approximate surface area is 172 Å². The summed E-state index contributed by atoms with van der Waals surface area (Å²) in [6.07, 6.45) is 3.24. The van der Waals surface area contributed by atoms with Crippen molar-refractivity contribution in [2.45, 2.75) is 38.4 Å². The number of nitrogens with zero attached hydrogens (tertiary/aromatic N) is 2. The molecule has 146 valence electrons. The Morgan fingerprint density at radius 1 is 1.31 bits per heavy atom. The predicted molar refractivity (Wildman–Crippen MR) is 112 cm³/mol. The predicted octanol–water partition coefficient (Wildman–Crippen LogP) is 2.83. The third kappa shape index (κ3) is 6.06. The zero-order valence-electron chi connectivity index (χ0n) is 15.3. The van der Waals surface area contributed by atoms with Crippen molar-refractivity contribution in [3.8, 4) is 0 Å². The van der Waals surface area contributed by atoms with Gasteiger partial charge in [0.05, 0.1) is 12.7 Å². The highest BCUT2D eigenvalue weighted by Crippen LogP contribution is 2.21. The maximum Gasteiger partial charge on any atom is 0.194 e. The summed E-state index contributed by atoms with van der Waals surface area (Å²) in [6, 6.07) is 6.72. The van der Waals surface area contributed by atoms with Gasteiger partial charge in [-0.25, -0.2) is 4.39 Å². The maximum atomic E-state index is 13.3. The van der Waals surface area contributed by atoms with Gasteiger partial charge in [-0.2, -0.15) is 0 Å². The second kappa shape index (κ2) is 11.0. The van der Waals surface area contributed by atoms with E-state index in [1.54, 1.807) is 12.1 Å². The number of morpholine rings is 1. The number of halogens is 2. The van der Waals surface area contributed by atoms with Crippen LogP contribution in [0.15, 0.2) is 29.3 Å². The Bertz CT molecular complexity index is 582. The van der Waals surface area contributed by atoms with E-state index in [1.165, 1.54) is 6.07 Å². The highest BCUT2D eigenvalue weighted by atomic mass is 127. The van der Waals surface area contributed by atoms with Crippen LogP contribution in [-0.2, 0) is 15.9 Å². The van der Waals surface area contributed by atoms with Crippen LogP contribution in [-0.4, -0.2) is 62.5 Å². The summed E-state index contributed by atoms with van der Waals surface area (Å²) in [5.41, 5.74) is 0.971. The largest absolute Gasteiger partial charge is 0.375 e. The van der Waals surface area contributed by atoms with Crippen LogP contribution >= 0.6 is 24.0 Å². The van der Waals surface area contributed by atoms with Crippen molar-refractivity contribution in [1.29, 1.82) is 0 Å². The Morgan fingerprint density at radius 2 is 2.15 bits per heavy atom. The minimum Gasteiger partial charge on any atom is -0.375 e. The minimum atomic E-state index is -0.194. The molecule has 1 aromatic carbocycles. The zero-order valence-corrected chi connectivity index (χ0v) is 17.7. The summed E-state index contributed by atoms with van der Waals surface area (Å²) in [7, 11) is 0. The summed E-state index contributed by atoms with van der Waals surface area (Å²) in [6.45, 7) is 6.69. The molecule has 0 radical (unpaired) electrons. The van der Waals surface area contributed by atoms with Crippen molar-refractivity contribution in [2.75, 3.05) is 39.4 Å². The van der Waals surface area contributed by atoms with Crippen molar-refractivity contribution in [2.24, 2.45) is 4.99 Å². The van der Waals surface area contributed by atoms with E-state index in [0.29, 0.717) is 13.2 Å². The minimum absolute atomic E-state index is 0. The number of ether oxygens (including phenoxy) is 2. The van der Waals surface area contributed by atoms with Gasteiger partial charge in [0.1, 0.15) is 11.9 Å². The molecule has 3 rings (SSSR count). The highest BCUT2D eigenvalue weighted by Gasteiger charge is 2.32. The number of aliphatic imine (C=N–C) groups is 1. The summed E-state index contributed by atoms with van der Waals surface area (Å²) in [5.74, 6) is 0.714. The maximum absolute atomic E-state index is 13.3. The standard InChI is InChI=1S/C19H28FN3O2.HI/c1-2-21-19(22-9-8-15-5-3-6-16(20)13-15)23-10-12-25-18(14-23)17-7-4-11-24-17;/h3,5-6,13,17-18H,2,4,7-12,14H2,1H3,(H,21,22);1H. The topological polar surface area (TPSA) is 46.1 Å². The fourth-order valence-corrected chi connectivity index (χ4v) is 3.40. The molecule has 1 aromatic rings. The van der Waals surface area contributed by atoms with Crippen LogP contribution < -0.4 is 5.32 Å². The smallest absolute Gasteiger partial charge is 0.194 e. The zero-order chi connectivity index (χ0) is 17.5. The van der Waals surface area contributed by atoms with E-state index in [-0.39, 0.29) is 42.0 Å². The van der Waals surface area contributed by atoms with Crippen LogP contribution in [0.3, 0.4) is 0 Å². The molecule has 0 bridgehead atoms. The lowest BCUT2D eigenvalue weighted by Crippen LogP contribution is -2.53. The number of hydrogen-bond donors (Lipinski definition) is 1. The first-order valence-corrected chi connectivity index (χ1v) is 9.27. The summed E-state index contributed by atoms with van der Waals surface area (Å²) in [5, 5.41) is 3.37. The Balaban J connectivity index is 0.00000243. The van der Waals surface area contributed by atoms with E-state index < -0.39 is 0 Å². The number of benzene rings is 1. The summed E-state index contributed by atoms with van der Waals surface area (Å²) in [4.78, 5) is 6.99. The Hall–Kier alpha value is -0.930. The van der Waals surface area contributed by atoms with Gasteiger partial charge in [0, 0.05) is 32.8 Å². The first kappa shape index (κ1) is 21.4. The molecule has 2 unspecified atom stereocenters. The first-order chi connectivity index (χ1) is 12.3. The summed E-state index contributed by atoms with van der Waals surface area (Å²) >= 11 is 0. The molecule has 26 heavy (non-hydrogen) atoms. The second-order valence-electron chi connectivity index (χ2n) is 6.52.